The minimum Gasteiger partial charge on any atom is -0.462 e. The van der Waals surface area contributed by atoms with E-state index in [1.54, 1.807) is 6.08 Å². The Labute approximate surface area is 161 Å². The lowest BCUT2D eigenvalue weighted by Gasteiger charge is -2.19. The highest BCUT2D eigenvalue weighted by atomic mass is 16.6. The molecule has 0 aromatic carbocycles. The Morgan fingerprint density at radius 3 is 2.04 bits per heavy atom. The summed E-state index contributed by atoms with van der Waals surface area (Å²) in [6.45, 7) is 9.57. The summed E-state index contributed by atoms with van der Waals surface area (Å²) in [7, 11) is 0. The Hall–Kier alpha value is -2.81. The third-order valence-electron chi connectivity index (χ3n) is 3.06. The number of hydrogen-bond donors (Lipinski definition) is 0. The molecule has 0 unspecified atom stereocenters. The predicted octanol–water partition coefficient (Wildman–Crippen LogP) is 3.28. The summed E-state index contributed by atoms with van der Waals surface area (Å²) in [5, 5.41) is 0. The van der Waals surface area contributed by atoms with Crippen molar-refractivity contribution in [3.05, 3.63) is 34.9 Å². The number of esters is 3. The predicted molar refractivity (Wildman–Crippen MR) is 102 cm³/mol. The molecular formula is C21H28O6. The summed E-state index contributed by atoms with van der Waals surface area (Å²) in [5.41, 5.74) is 2.45. The second kappa shape index (κ2) is 13.4. The van der Waals surface area contributed by atoms with Crippen molar-refractivity contribution >= 4 is 17.9 Å². The molecule has 148 valence electrons. The van der Waals surface area contributed by atoms with E-state index in [9.17, 15) is 14.4 Å². The Morgan fingerprint density at radius 2 is 1.52 bits per heavy atom. The molecule has 0 saturated heterocycles. The molecule has 0 heterocycles. The lowest BCUT2D eigenvalue weighted by atomic mass is 10.1. The Balaban J connectivity index is 5.40. The molecule has 0 aromatic rings. The standard InChI is InChI=1S/C21H28O6/c1-15(2)8-7-9-16(3)10-11-21(27-19(6)24)20(14-26-18(5)23)12-13-25-17(4)22/h8,10,12,21H,11,13-14H2,1-6H3/b16-10+,20-12-/t21-/m0/s1. The summed E-state index contributed by atoms with van der Waals surface area (Å²) in [6.07, 6.45) is 4.93. The number of ether oxygens (including phenoxy) is 3. The van der Waals surface area contributed by atoms with Crippen LogP contribution in [0.4, 0.5) is 0 Å². The average Bonchev–Trinajstić information content (AvgIpc) is 2.53. The smallest absolute Gasteiger partial charge is 0.303 e. The van der Waals surface area contributed by atoms with E-state index in [2.05, 4.69) is 11.8 Å². The number of hydrogen-bond acceptors (Lipinski definition) is 6. The highest BCUT2D eigenvalue weighted by molar-refractivity contribution is 5.67. The third-order valence-corrected chi connectivity index (χ3v) is 3.06. The van der Waals surface area contributed by atoms with Gasteiger partial charge in [-0.05, 0) is 38.5 Å². The normalized spacial score (nSPS) is 12.2. The van der Waals surface area contributed by atoms with E-state index in [1.807, 2.05) is 32.9 Å². The third kappa shape index (κ3) is 14.1. The molecule has 6 heteroatoms. The van der Waals surface area contributed by atoms with Crippen LogP contribution in [0.2, 0.25) is 0 Å². The van der Waals surface area contributed by atoms with Gasteiger partial charge in [0.25, 0.3) is 0 Å². The molecule has 0 radical (unpaired) electrons. The summed E-state index contributed by atoms with van der Waals surface area (Å²) >= 11 is 0. The molecular weight excluding hydrogens is 348 g/mol. The van der Waals surface area contributed by atoms with E-state index in [0.717, 1.165) is 11.1 Å². The molecule has 0 spiro atoms. The van der Waals surface area contributed by atoms with Crippen molar-refractivity contribution in [2.75, 3.05) is 13.2 Å². The molecule has 6 nitrogen and oxygen atoms in total. The zero-order valence-electron chi connectivity index (χ0n) is 16.9. The first-order chi connectivity index (χ1) is 12.6. The Morgan fingerprint density at radius 1 is 0.889 bits per heavy atom. The number of allylic oxidation sites excluding steroid dienone is 3. The van der Waals surface area contributed by atoms with Gasteiger partial charge in [-0.1, -0.05) is 23.5 Å². The average molecular weight is 376 g/mol. The number of rotatable bonds is 8. The van der Waals surface area contributed by atoms with E-state index in [0.29, 0.717) is 12.0 Å². The minimum absolute atomic E-state index is 0.00717. The molecule has 0 bridgehead atoms. The van der Waals surface area contributed by atoms with Crippen molar-refractivity contribution in [3.8, 4) is 11.8 Å². The van der Waals surface area contributed by atoms with E-state index >= 15 is 0 Å². The first-order valence-corrected chi connectivity index (χ1v) is 8.56. The van der Waals surface area contributed by atoms with Crippen molar-refractivity contribution in [1.29, 1.82) is 0 Å². The van der Waals surface area contributed by atoms with Gasteiger partial charge in [0.15, 0.2) is 0 Å². The largest absolute Gasteiger partial charge is 0.462 e. The van der Waals surface area contributed by atoms with Gasteiger partial charge in [0.1, 0.15) is 19.3 Å². The van der Waals surface area contributed by atoms with Gasteiger partial charge in [-0.25, -0.2) is 0 Å². The quantitative estimate of drug-likeness (QED) is 0.280. The molecule has 0 N–H and O–H groups in total. The Bertz CT molecular complexity index is 681. The van der Waals surface area contributed by atoms with Crippen LogP contribution in [0.3, 0.4) is 0 Å². The van der Waals surface area contributed by atoms with Gasteiger partial charge < -0.3 is 14.2 Å². The van der Waals surface area contributed by atoms with Crippen LogP contribution in [0.1, 0.15) is 48.0 Å². The number of carbonyl (C=O) groups is 3. The van der Waals surface area contributed by atoms with Crippen molar-refractivity contribution in [3.63, 3.8) is 0 Å². The molecule has 0 aliphatic rings. The fourth-order valence-electron chi connectivity index (χ4n) is 1.84. The zero-order chi connectivity index (χ0) is 20.8. The maximum Gasteiger partial charge on any atom is 0.303 e. The van der Waals surface area contributed by atoms with Crippen LogP contribution in [0.15, 0.2) is 34.9 Å². The molecule has 0 aromatic heterocycles. The first-order valence-electron chi connectivity index (χ1n) is 8.56. The fraction of sp³-hybridized carbons (Fsp3) is 0.476. The van der Waals surface area contributed by atoms with E-state index in [4.69, 9.17) is 14.2 Å². The van der Waals surface area contributed by atoms with E-state index in [1.165, 1.54) is 20.8 Å². The minimum atomic E-state index is -0.655. The van der Waals surface area contributed by atoms with Gasteiger partial charge in [-0.15, -0.1) is 0 Å². The monoisotopic (exact) mass is 376 g/mol. The number of carbonyl (C=O) groups excluding carboxylic acids is 3. The second-order valence-electron chi connectivity index (χ2n) is 6.07. The van der Waals surface area contributed by atoms with Gasteiger partial charge in [-0.2, -0.15) is 0 Å². The molecule has 0 rings (SSSR count). The van der Waals surface area contributed by atoms with Crippen LogP contribution in [-0.2, 0) is 28.6 Å². The molecule has 0 amide bonds. The molecule has 1 atom stereocenters. The van der Waals surface area contributed by atoms with Gasteiger partial charge in [0.05, 0.1) is 0 Å². The highest BCUT2D eigenvalue weighted by Gasteiger charge is 2.18. The van der Waals surface area contributed by atoms with E-state index < -0.39 is 24.0 Å². The van der Waals surface area contributed by atoms with Crippen molar-refractivity contribution in [1.82, 2.24) is 0 Å². The molecule has 0 aliphatic heterocycles. The lowest BCUT2D eigenvalue weighted by molar-refractivity contribution is -0.146. The maximum absolute atomic E-state index is 11.5. The highest BCUT2D eigenvalue weighted by Crippen LogP contribution is 2.15. The SMILES string of the molecule is CC(=O)OC/C=C(/COC(C)=O)[C@H](C/C=C(\C)C#CC=C(C)C)OC(C)=O. The van der Waals surface area contributed by atoms with Crippen molar-refractivity contribution < 1.29 is 28.6 Å². The van der Waals surface area contributed by atoms with Crippen molar-refractivity contribution in [2.45, 2.75) is 54.1 Å². The van der Waals surface area contributed by atoms with Crippen LogP contribution >= 0.6 is 0 Å². The van der Waals surface area contributed by atoms with Gasteiger partial charge in [0, 0.05) is 32.8 Å². The maximum atomic E-state index is 11.5. The van der Waals surface area contributed by atoms with Crippen LogP contribution in [0, 0.1) is 11.8 Å². The summed E-state index contributed by atoms with van der Waals surface area (Å²) in [5.74, 6) is 4.55. The van der Waals surface area contributed by atoms with Gasteiger partial charge in [0.2, 0.25) is 0 Å². The molecule has 0 aliphatic carbocycles. The summed E-state index contributed by atoms with van der Waals surface area (Å²) in [4.78, 5) is 33.6. The lowest BCUT2D eigenvalue weighted by Crippen LogP contribution is -2.23. The molecule has 0 saturated carbocycles. The van der Waals surface area contributed by atoms with Crippen LogP contribution in [0.5, 0.6) is 0 Å². The van der Waals surface area contributed by atoms with Gasteiger partial charge in [-0.3, -0.25) is 14.4 Å². The first kappa shape index (κ1) is 24.2. The van der Waals surface area contributed by atoms with Crippen LogP contribution in [-0.4, -0.2) is 37.2 Å². The van der Waals surface area contributed by atoms with Crippen LogP contribution < -0.4 is 0 Å². The molecule has 0 fully saturated rings. The van der Waals surface area contributed by atoms with E-state index in [-0.39, 0.29) is 13.2 Å². The zero-order valence-corrected chi connectivity index (χ0v) is 16.9. The van der Waals surface area contributed by atoms with Gasteiger partial charge >= 0.3 is 17.9 Å². The van der Waals surface area contributed by atoms with Crippen LogP contribution in [0.25, 0.3) is 0 Å². The van der Waals surface area contributed by atoms with Crippen molar-refractivity contribution in [2.24, 2.45) is 0 Å². The molecule has 27 heavy (non-hydrogen) atoms. The fourth-order valence-corrected chi connectivity index (χ4v) is 1.84. The second-order valence-corrected chi connectivity index (χ2v) is 6.07. The topological polar surface area (TPSA) is 78.9 Å². The Kier molecular flexibility index (Phi) is 12.0. The summed E-state index contributed by atoms with van der Waals surface area (Å²) in [6, 6.07) is 0. The summed E-state index contributed by atoms with van der Waals surface area (Å²) < 4.78 is 15.3.